The molecule has 0 aliphatic rings. The molecule has 1 nitrogen and oxygen atoms in total. The van der Waals surface area contributed by atoms with Crippen molar-refractivity contribution in [3.05, 3.63) is 34.9 Å². The Balaban J connectivity index is 2.74. The van der Waals surface area contributed by atoms with Crippen molar-refractivity contribution in [2.75, 3.05) is 0 Å². The van der Waals surface area contributed by atoms with Crippen LogP contribution in [-0.4, -0.2) is 5.24 Å². The standard InChI is InChI=1S/C10H10Cl2O/c1-7(10(12)13)6-8-4-2-3-5-9(8)11/h2-5,7H,6H2,1H3. The fourth-order valence-corrected chi connectivity index (χ4v) is 1.36. The van der Waals surface area contributed by atoms with Gasteiger partial charge in [-0.3, -0.25) is 4.79 Å². The fourth-order valence-electron chi connectivity index (χ4n) is 1.07. The number of carbonyl (C=O) groups excluding carboxylic acids is 1. The van der Waals surface area contributed by atoms with E-state index < -0.39 is 0 Å². The van der Waals surface area contributed by atoms with Crippen LogP contribution in [0.4, 0.5) is 0 Å². The Hall–Kier alpha value is -0.530. The zero-order chi connectivity index (χ0) is 9.84. The van der Waals surface area contributed by atoms with Crippen molar-refractivity contribution >= 4 is 28.4 Å². The van der Waals surface area contributed by atoms with Gasteiger partial charge in [0.25, 0.3) is 0 Å². The topological polar surface area (TPSA) is 17.1 Å². The van der Waals surface area contributed by atoms with Gasteiger partial charge in [-0.15, -0.1) is 0 Å². The molecule has 3 heteroatoms. The van der Waals surface area contributed by atoms with E-state index in [1.807, 2.05) is 24.3 Å². The van der Waals surface area contributed by atoms with Crippen LogP contribution in [0.3, 0.4) is 0 Å². The number of hydrogen-bond donors (Lipinski definition) is 0. The molecule has 0 bridgehead atoms. The summed E-state index contributed by atoms with van der Waals surface area (Å²) in [5.74, 6) is -0.179. The van der Waals surface area contributed by atoms with Gasteiger partial charge in [-0.1, -0.05) is 36.7 Å². The average Bonchev–Trinajstić information content (AvgIpc) is 2.08. The van der Waals surface area contributed by atoms with Crippen LogP contribution in [0, 0.1) is 5.92 Å². The first-order valence-electron chi connectivity index (χ1n) is 4.04. The lowest BCUT2D eigenvalue weighted by Crippen LogP contribution is -2.07. The Morgan fingerprint density at radius 3 is 2.62 bits per heavy atom. The van der Waals surface area contributed by atoms with Crippen LogP contribution in [-0.2, 0) is 11.2 Å². The molecule has 0 aliphatic heterocycles. The lowest BCUT2D eigenvalue weighted by molar-refractivity contribution is -0.114. The molecule has 1 rings (SSSR count). The summed E-state index contributed by atoms with van der Waals surface area (Å²) in [5, 5.41) is 0.368. The minimum Gasteiger partial charge on any atom is -0.281 e. The van der Waals surface area contributed by atoms with Gasteiger partial charge in [0.2, 0.25) is 5.24 Å². The van der Waals surface area contributed by atoms with Crippen molar-refractivity contribution in [3.8, 4) is 0 Å². The maximum atomic E-state index is 10.8. The molecule has 1 aromatic carbocycles. The van der Waals surface area contributed by atoms with Crippen molar-refractivity contribution in [1.82, 2.24) is 0 Å². The summed E-state index contributed by atoms with van der Waals surface area (Å²) in [6.45, 7) is 1.79. The van der Waals surface area contributed by atoms with Crippen LogP contribution in [0.15, 0.2) is 24.3 Å². The van der Waals surface area contributed by atoms with Gasteiger partial charge in [0.15, 0.2) is 0 Å². The second-order valence-electron chi connectivity index (χ2n) is 3.00. The molecule has 0 radical (unpaired) electrons. The molecule has 0 aliphatic carbocycles. The lowest BCUT2D eigenvalue weighted by atomic mass is 10.0. The molecular weight excluding hydrogens is 207 g/mol. The van der Waals surface area contributed by atoms with Crippen LogP contribution >= 0.6 is 23.2 Å². The summed E-state index contributed by atoms with van der Waals surface area (Å²) in [6.07, 6.45) is 0.599. The molecule has 0 saturated carbocycles. The van der Waals surface area contributed by atoms with E-state index in [1.54, 1.807) is 6.92 Å². The van der Waals surface area contributed by atoms with Gasteiger partial charge in [0.1, 0.15) is 0 Å². The van der Waals surface area contributed by atoms with Gasteiger partial charge in [0, 0.05) is 10.9 Å². The van der Waals surface area contributed by atoms with E-state index >= 15 is 0 Å². The third kappa shape index (κ3) is 3.02. The number of halogens is 2. The van der Waals surface area contributed by atoms with Gasteiger partial charge in [0.05, 0.1) is 0 Å². The van der Waals surface area contributed by atoms with E-state index in [0.29, 0.717) is 11.4 Å². The SMILES string of the molecule is CC(Cc1ccccc1Cl)C(=O)Cl. The fraction of sp³-hybridized carbons (Fsp3) is 0.300. The lowest BCUT2D eigenvalue weighted by Gasteiger charge is -2.07. The number of carbonyl (C=O) groups is 1. The zero-order valence-electron chi connectivity index (χ0n) is 7.26. The Labute approximate surface area is 87.7 Å². The molecule has 0 fully saturated rings. The number of hydrogen-bond acceptors (Lipinski definition) is 1. The minimum absolute atomic E-state index is 0.179. The highest BCUT2D eigenvalue weighted by Gasteiger charge is 2.11. The monoisotopic (exact) mass is 216 g/mol. The van der Waals surface area contributed by atoms with Crippen LogP contribution in [0.1, 0.15) is 12.5 Å². The van der Waals surface area contributed by atoms with Gasteiger partial charge >= 0.3 is 0 Å². The molecule has 0 aromatic heterocycles. The van der Waals surface area contributed by atoms with Crippen LogP contribution < -0.4 is 0 Å². The molecule has 1 unspecified atom stereocenters. The quantitative estimate of drug-likeness (QED) is 0.710. The summed E-state index contributed by atoms with van der Waals surface area (Å²) in [4.78, 5) is 10.8. The highest BCUT2D eigenvalue weighted by molar-refractivity contribution is 6.63. The van der Waals surface area contributed by atoms with Crippen molar-refractivity contribution in [2.24, 2.45) is 5.92 Å². The number of rotatable bonds is 3. The average molecular weight is 217 g/mol. The van der Waals surface area contributed by atoms with E-state index in [4.69, 9.17) is 23.2 Å². The van der Waals surface area contributed by atoms with Crippen molar-refractivity contribution < 1.29 is 4.79 Å². The summed E-state index contributed by atoms with van der Waals surface area (Å²) in [6, 6.07) is 7.46. The van der Waals surface area contributed by atoms with Gasteiger partial charge in [-0.2, -0.15) is 0 Å². The molecule has 0 spiro atoms. The maximum absolute atomic E-state index is 10.8. The predicted octanol–water partition coefficient (Wildman–Crippen LogP) is 3.28. The predicted molar refractivity (Wildman–Crippen MR) is 55.2 cm³/mol. The summed E-state index contributed by atoms with van der Waals surface area (Å²) in [5.41, 5.74) is 0.964. The second kappa shape index (κ2) is 4.64. The van der Waals surface area contributed by atoms with Crippen LogP contribution in [0.5, 0.6) is 0 Å². The van der Waals surface area contributed by atoms with Crippen molar-refractivity contribution in [1.29, 1.82) is 0 Å². The zero-order valence-corrected chi connectivity index (χ0v) is 8.77. The Bertz CT molecular complexity index is 310. The third-order valence-corrected chi connectivity index (χ3v) is 2.61. The van der Waals surface area contributed by atoms with Crippen LogP contribution in [0.25, 0.3) is 0 Å². The van der Waals surface area contributed by atoms with Crippen molar-refractivity contribution in [3.63, 3.8) is 0 Å². The van der Waals surface area contributed by atoms with E-state index in [0.717, 1.165) is 5.56 Å². The highest BCUT2D eigenvalue weighted by Crippen LogP contribution is 2.19. The second-order valence-corrected chi connectivity index (χ2v) is 3.78. The molecule has 13 heavy (non-hydrogen) atoms. The third-order valence-electron chi connectivity index (χ3n) is 1.87. The Morgan fingerprint density at radius 1 is 1.46 bits per heavy atom. The minimum atomic E-state index is -0.320. The van der Waals surface area contributed by atoms with E-state index in [9.17, 15) is 4.79 Å². The van der Waals surface area contributed by atoms with Crippen molar-refractivity contribution in [2.45, 2.75) is 13.3 Å². The number of benzene rings is 1. The smallest absolute Gasteiger partial charge is 0.224 e. The Kier molecular flexibility index (Phi) is 3.76. The van der Waals surface area contributed by atoms with E-state index in [-0.39, 0.29) is 11.2 Å². The molecule has 0 N–H and O–H groups in total. The molecule has 1 atom stereocenters. The summed E-state index contributed by atoms with van der Waals surface area (Å²) < 4.78 is 0. The largest absolute Gasteiger partial charge is 0.281 e. The highest BCUT2D eigenvalue weighted by atomic mass is 35.5. The van der Waals surface area contributed by atoms with Gasteiger partial charge in [-0.25, -0.2) is 0 Å². The molecular formula is C10H10Cl2O. The molecule has 0 heterocycles. The normalized spacial score (nSPS) is 12.5. The van der Waals surface area contributed by atoms with Crippen LogP contribution in [0.2, 0.25) is 5.02 Å². The Morgan fingerprint density at radius 2 is 2.08 bits per heavy atom. The molecule has 0 saturated heterocycles. The molecule has 70 valence electrons. The van der Waals surface area contributed by atoms with Gasteiger partial charge in [-0.05, 0) is 29.7 Å². The van der Waals surface area contributed by atoms with Gasteiger partial charge < -0.3 is 0 Å². The van der Waals surface area contributed by atoms with E-state index in [1.165, 1.54) is 0 Å². The first kappa shape index (κ1) is 10.6. The maximum Gasteiger partial charge on any atom is 0.224 e. The first-order chi connectivity index (χ1) is 6.11. The first-order valence-corrected chi connectivity index (χ1v) is 4.79. The molecule has 1 aromatic rings. The summed E-state index contributed by atoms with van der Waals surface area (Å²) in [7, 11) is 0. The summed E-state index contributed by atoms with van der Waals surface area (Å²) >= 11 is 11.3. The van der Waals surface area contributed by atoms with E-state index in [2.05, 4.69) is 0 Å². The molecule has 0 amide bonds.